The lowest BCUT2D eigenvalue weighted by molar-refractivity contribution is -0.118. The summed E-state index contributed by atoms with van der Waals surface area (Å²) in [6, 6.07) is 4.85. The standard InChI is InChI=1S/C11H12ClFO/c1-2-9(14)7-6-8-4-3-5-10(12)11(8)13/h3-5H,2,6-7H2,1H3. The van der Waals surface area contributed by atoms with Gasteiger partial charge in [0.25, 0.3) is 0 Å². The van der Waals surface area contributed by atoms with Gasteiger partial charge in [0.05, 0.1) is 5.02 Å². The van der Waals surface area contributed by atoms with Crippen molar-refractivity contribution in [2.45, 2.75) is 26.2 Å². The molecule has 0 N–H and O–H groups in total. The third-order valence-corrected chi connectivity index (χ3v) is 2.39. The lowest BCUT2D eigenvalue weighted by Gasteiger charge is -2.02. The monoisotopic (exact) mass is 214 g/mol. The van der Waals surface area contributed by atoms with Crippen molar-refractivity contribution in [2.75, 3.05) is 0 Å². The third-order valence-electron chi connectivity index (χ3n) is 2.10. The predicted octanol–water partition coefficient (Wildman–Crippen LogP) is 3.39. The quantitative estimate of drug-likeness (QED) is 0.751. The van der Waals surface area contributed by atoms with E-state index in [1.165, 1.54) is 6.07 Å². The number of Topliss-reactive ketones (excluding diaryl/α,β-unsaturated/α-hetero) is 1. The van der Waals surface area contributed by atoms with Crippen LogP contribution < -0.4 is 0 Å². The van der Waals surface area contributed by atoms with Gasteiger partial charge in [-0.3, -0.25) is 4.79 Å². The van der Waals surface area contributed by atoms with Crippen LogP contribution in [0.4, 0.5) is 4.39 Å². The van der Waals surface area contributed by atoms with Gasteiger partial charge in [0, 0.05) is 12.8 Å². The average Bonchev–Trinajstić information content (AvgIpc) is 2.20. The Balaban J connectivity index is 2.68. The summed E-state index contributed by atoms with van der Waals surface area (Å²) >= 11 is 5.60. The number of benzene rings is 1. The van der Waals surface area contributed by atoms with Crippen molar-refractivity contribution in [2.24, 2.45) is 0 Å². The summed E-state index contributed by atoms with van der Waals surface area (Å²) in [5.74, 6) is -0.262. The molecule has 0 spiro atoms. The molecular formula is C11H12ClFO. The van der Waals surface area contributed by atoms with Crippen LogP contribution in [0.5, 0.6) is 0 Å². The van der Waals surface area contributed by atoms with Crippen LogP contribution in [0, 0.1) is 5.82 Å². The van der Waals surface area contributed by atoms with Crippen molar-refractivity contribution in [3.63, 3.8) is 0 Å². The van der Waals surface area contributed by atoms with Crippen LogP contribution in [0.3, 0.4) is 0 Å². The summed E-state index contributed by atoms with van der Waals surface area (Å²) in [5, 5.41) is 0.117. The number of hydrogen-bond acceptors (Lipinski definition) is 1. The lowest BCUT2D eigenvalue weighted by atomic mass is 10.1. The van der Waals surface area contributed by atoms with E-state index in [9.17, 15) is 9.18 Å². The molecule has 3 heteroatoms. The van der Waals surface area contributed by atoms with Gasteiger partial charge in [-0.2, -0.15) is 0 Å². The van der Waals surface area contributed by atoms with Crippen molar-refractivity contribution in [1.29, 1.82) is 0 Å². The van der Waals surface area contributed by atoms with Crippen molar-refractivity contribution in [3.8, 4) is 0 Å². The zero-order chi connectivity index (χ0) is 10.6. The average molecular weight is 215 g/mol. The second-order valence-corrected chi connectivity index (χ2v) is 3.51. The van der Waals surface area contributed by atoms with Gasteiger partial charge >= 0.3 is 0 Å². The normalized spacial score (nSPS) is 10.2. The van der Waals surface area contributed by atoms with E-state index in [4.69, 9.17) is 11.6 Å². The van der Waals surface area contributed by atoms with Gasteiger partial charge in [-0.15, -0.1) is 0 Å². The van der Waals surface area contributed by atoms with Crippen molar-refractivity contribution < 1.29 is 9.18 Å². The van der Waals surface area contributed by atoms with E-state index in [2.05, 4.69) is 0 Å². The molecule has 0 fully saturated rings. The van der Waals surface area contributed by atoms with Gasteiger partial charge in [-0.1, -0.05) is 30.7 Å². The van der Waals surface area contributed by atoms with Gasteiger partial charge in [0.1, 0.15) is 11.6 Å². The zero-order valence-corrected chi connectivity index (χ0v) is 8.77. The molecule has 0 aliphatic rings. The highest BCUT2D eigenvalue weighted by Crippen LogP contribution is 2.19. The van der Waals surface area contributed by atoms with E-state index in [1.807, 2.05) is 0 Å². The Morgan fingerprint density at radius 3 is 2.86 bits per heavy atom. The first-order valence-electron chi connectivity index (χ1n) is 4.59. The molecule has 0 unspecified atom stereocenters. The molecule has 1 rings (SSSR count). The summed E-state index contributed by atoms with van der Waals surface area (Å²) in [6.07, 6.45) is 1.31. The minimum atomic E-state index is -0.405. The molecule has 0 radical (unpaired) electrons. The molecule has 0 aromatic heterocycles. The molecule has 1 nitrogen and oxygen atoms in total. The first-order valence-corrected chi connectivity index (χ1v) is 4.97. The van der Waals surface area contributed by atoms with Crippen LogP contribution in [0.25, 0.3) is 0 Å². The molecule has 1 aromatic rings. The van der Waals surface area contributed by atoms with Crippen LogP contribution in [0.15, 0.2) is 18.2 Å². The Hall–Kier alpha value is -0.890. The molecule has 76 valence electrons. The van der Waals surface area contributed by atoms with E-state index in [1.54, 1.807) is 19.1 Å². The van der Waals surface area contributed by atoms with Crippen molar-refractivity contribution >= 4 is 17.4 Å². The molecule has 0 aliphatic carbocycles. The number of aryl methyl sites for hydroxylation is 1. The Morgan fingerprint density at radius 2 is 2.21 bits per heavy atom. The molecule has 0 saturated carbocycles. The van der Waals surface area contributed by atoms with E-state index >= 15 is 0 Å². The van der Waals surface area contributed by atoms with Crippen molar-refractivity contribution in [1.82, 2.24) is 0 Å². The zero-order valence-electron chi connectivity index (χ0n) is 8.02. The minimum absolute atomic E-state index is 0.117. The largest absolute Gasteiger partial charge is 0.300 e. The maximum atomic E-state index is 13.3. The second-order valence-electron chi connectivity index (χ2n) is 3.11. The first-order chi connectivity index (χ1) is 6.65. The summed E-state index contributed by atoms with van der Waals surface area (Å²) in [6.45, 7) is 1.80. The van der Waals surface area contributed by atoms with E-state index in [-0.39, 0.29) is 10.8 Å². The van der Waals surface area contributed by atoms with Crippen LogP contribution >= 0.6 is 11.6 Å². The highest BCUT2D eigenvalue weighted by Gasteiger charge is 2.07. The number of carbonyl (C=O) groups is 1. The number of ketones is 1. The topological polar surface area (TPSA) is 17.1 Å². The SMILES string of the molecule is CCC(=O)CCc1cccc(Cl)c1F. The summed E-state index contributed by atoms with van der Waals surface area (Å²) < 4.78 is 13.3. The molecule has 0 atom stereocenters. The van der Waals surface area contributed by atoms with Crippen LogP contribution in [0.1, 0.15) is 25.3 Å². The molecule has 1 aromatic carbocycles. The van der Waals surface area contributed by atoms with Crippen LogP contribution in [-0.4, -0.2) is 5.78 Å². The van der Waals surface area contributed by atoms with Gasteiger partial charge in [-0.25, -0.2) is 4.39 Å². The first kappa shape index (κ1) is 11.2. The van der Waals surface area contributed by atoms with E-state index in [0.29, 0.717) is 24.8 Å². The predicted molar refractivity (Wildman–Crippen MR) is 55.0 cm³/mol. The fourth-order valence-corrected chi connectivity index (χ4v) is 1.39. The third kappa shape index (κ3) is 2.81. The van der Waals surface area contributed by atoms with Crippen LogP contribution in [-0.2, 0) is 11.2 Å². The van der Waals surface area contributed by atoms with Gasteiger partial charge in [-0.05, 0) is 18.1 Å². The lowest BCUT2D eigenvalue weighted by Crippen LogP contribution is -1.99. The maximum absolute atomic E-state index is 13.3. The van der Waals surface area contributed by atoms with E-state index < -0.39 is 5.82 Å². The minimum Gasteiger partial charge on any atom is -0.300 e. The van der Waals surface area contributed by atoms with Crippen LogP contribution in [0.2, 0.25) is 5.02 Å². The highest BCUT2D eigenvalue weighted by atomic mass is 35.5. The van der Waals surface area contributed by atoms with Gasteiger partial charge in [0.15, 0.2) is 0 Å². The molecule has 0 bridgehead atoms. The molecule has 0 amide bonds. The smallest absolute Gasteiger partial charge is 0.144 e. The number of hydrogen-bond donors (Lipinski definition) is 0. The Bertz CT molecular complexity index is 336. The summed E-state index contributed by atoms with van der Waals surface area (Å²) in [5.41, 5.74) is 0.513. The molecular weight excluding hydrogens is 203 g/mol. The number of carbonyl (C=O) groups excluding carboxylic acids is 1. The molecule has 14 heavy (non-hydrogen) atoms. The summed E-state index contributed by atoms with van der Waals surface area (Å²) in [4.78, 5) is 11.0. The fraction of sp³-hybridized carbons (Fsp3) is 0.364. The maximum Gasteiger partial charge on any atom is 0.144 e. The Labute approximate surface area is 87.9 Å². The molecule has 0 heterocycles. The second kappa shape index (κ2) is 5.11. The fourth-order valence-electron chi connectivity index (χ4n) is 1.19. The molecule has 0 saturated heterocycles. The number of halogens is 2. The Kier molecular flexibility index (Phi) is 4.08. The number of rotatable bonds is 4. The highest BCUT2D eigenvalue weighted by molar-refractivity contribution is 6.30. The van der Waals surface area contributed by atoms with Crippen molar-refractivity contribution in [3.05, 3.63) is 34.6 Å². The van der Waals surface area contributed by atoms with Gasteiger partial charge in [0.2, 0.25) is 0 Å². The van der Waals surface area contributed by atoms with E-state index in [0.717, 1.165) is 0 Å². The Morgan fingerprint density at radius 1 is 1.50 bits per heavy atom. The molecule has 0 aliphatic heterocycles. The van der Waals surface area contributed by atoms with Gasteiger partial charge < -0.3 is 0 Å². The summed E-state index contributed by atoms with van der Waals surface area (Å²) in [7, 11) is 0.